The van der Waals surface area contributed by atoms with Gasteiger partial charge >= 0.3 is 5.97 Å². The van der Waals surface area contributed by atoms with Gasteiger partial charge in [0.05, 0.1) is 11.9 Å². The highest BCUT2D eigenvalue weighted by molar-refractivity contribution is 5.90. The molecule has 1 aromatic heterocycles. The summed E-state index contributed by atoms with van der Waals surface area (Å²) < 4.78 is 1.63. The van der Waals surface area contributed by atoms with Crippen molar-refractivity contribution in [2.75, 3.05) is 11.4 Å². The van der Waals surface area contributed by atoms with Gasteiger partial charge in [-0.15, -0.1) is 0 Å². The first-order valence-corrected chi connectivity index (χ1v) is 8.78. The van der Waals surface area contributed by atoms with Crippen molar-refractivity contribution in [3.8, 4) is 0 Å². The molecule has 24 heavy (non-hydrogen) atoms. The van der Waals surface area contributed by atoms with Crippen molar-refractivity contribution < 1.29 is 14.7 Å². The summed E-state index contributed by atoms with van der Waals surface area (Å²) in [4.78, 5) is 26.1. The maximum Gasteiger partial charge on any atom is 0.326 e. The summed E-state index contributed by atoms with van der Waals surface area (Å²) in [5, 5.41) is 16.7. The largest absolute Gasteiger partial charge is 0.480 e. The molecule has 1 aromatic rings. The monoisotopic (exact) mass is 332 g/mol. The van der Waals surface area contributed by atoms with Gasteiger partial charge in [-0.1, -0.05) is 0 Å². The summed E-state index contributed by atoms with van der Waals surface area (Å²) in [5.41, 5.74) is 1.05. The second-order valence-corrected chi connectivity index (χ2v) is 7.58. The van der Waals surface area contributed by atoms with Crippen LogP contribution in [0.3, 0.4) is 0 Å². The van der Waals surface area contributed by atoms with E-state index in [-0.39, 0.29) is 5.91 Å². The minimum absolute atomic E-state index is 0.0467. The van der Waals surface area contributed by atoms with Crippen LogP contribution in [0.15, 0.2) is 12.4 Å². The number of anilines is 1. The van der Waals surface area contributed by atoms with Gasteiger partial charge in [0.15, 0.2) is 0 Å². The maximum absolute atomic E-state index is 12.7. The fourth-order valence-corrected chi connectivity index (χ4v) is 4.18. The molecule has 2 N–H and O–H groups in total. The number of rotatable bonds is 6. The van der Waals surface area contributed by atoms with Crippen LogP contribution in [0.1, 0.15) is 38.5 Å². The lowest BCUT2D eigenvalue weighted by atomic mass is 10.0. The first-order valence-electron chi connectivity index (χ1n) is 8.78. The molecule has 4 rings (SSSR count). The summed E-state index contributed by atoms with van der Waals surface area (Å²) in [7, 11) is 1.79. The Bertz CT molecular complexity index is 663. The summed E-state index contributed by atoms with van der Waals surface area (Å²) in [5.74, 6) is -0.136. The van der Waals surface area contributed by atoms with Gasteiger partial charge in [0.2, 0.25) is 5.91 Å². The van der Waals surface area contributed by atoms with E-state index in [0.29, 0.717) is 23.9 Å². The Morgan fingerprint density at radius 1 is 1.29 bits per heavy atom. The third-order valence-corrected chi connectivity index (χ3v) is 5.91. The van der Waals surface area contributed by atoms with Crippen molar-refractivity contribution in [3.05, 3.63) is 12.4 Å². The zero-order valence-corrected chi connectivity index (χ0v) is 13.9. The van der Waals surface area contributed by atoms with Gasteiger partial charge in [-0.25, -0.2) is 4.79 Å². The maximum atomic E-state index is 12.7. The molecule has 0 aromatic carbocycles. The average molecular weight is 332 g/mol. The third-order valence-electron chi connectivity index (χ3n) is 5.91. The van der Waals surface area contributed by atoms with E-state index >= 15 is 0 Å². The molecular formula is C17H24N4O3. The quantitative estimate of drug-likeness (QED) is 0.816. The number of nitrogens with zero attached hydrogens (tertiary/aromatic N) is 3. The fourth-order valence-electron chi connectivity index (χ4n) is 4.18. The lowest BCUT2D eigenvalue weighted by molar-refractivity contribution is -0.138. The second kappa shape index (κ2) is 5.50. The lowest BCUT2D eigenvalue weighted by Crippen LogP contribution is -2.49. The van der Waals surface area contributed by atoms with E-state index in [4.69, 9.17) is 0 Å². The standard InChI is InChI=1S/C17H24N4O3/c1-20-9-12(8-19-20)21-13(4-5-14(21)16(23)24)15(22)18-10-17(6-7-17)11-2-3-11/h8-9,11,13-14H,2-7,10H2,1H3,(H,18,22)(H,23,24). The third kappa shape index (κ3) is 2.65. The number of carboxylic acid groups (broad SMARTS) is 1. The average Bonchev–Trinajstić information content (AvgIpc) is 3.44. The summed E-state index contributed by atoms with van der Waals surface area (Å²) in [6, 6.07) is -1.09. The van der Waals surface area contributed by atoms with E-state index in [0.717, 1.165) is 12.5 Å². The van der Waals surface area contributed by atoms with Gasteiger partial charge in [0.25, 0.3) is 0 Å². The number of aromatic nitrogens is 2. The van der Waals surface area contributed by atoms with Crippen LogP contribution in [0.25, 0.3) is 0 Å². The molecule has 0 bridgehead atoms. The number of carboxylic acids is 1. The topological polar surface area (TPSA) is 87.5 Å². The molecule has 130 valence electrons. The molecule has 1 saturated heterocycles. The molecule has 0 spiro atoms. The minimum atomic E-state index is -0.884. The van der Waals surface area contributed by atoms with Gasteiger partial charge in [-0.3, -0.25) is 9.48 Å². The van der Waals surface area contributed by atoms with E-state index < -0.39 is 18.1 Å². The van der Waals surface area contributed by atoms with Gasteiger partial charge in [-0.05, 0) is 49.9 Å². The van der Waals surface area contributed by atoms with E-state index in [1.165, 1.54) is 25.7 Å². The van der Waals surface area contributed by atoms with E-state index in [1.807, 2.05) is 0 Å². The van der Waals surface area contributed by atoms with Gasteiger partial charge in [0.1, 0.15) is 12.1 Å². The Kier molecular flexibility index (Phi) is 3.54. The molecule has 2 aliphatic carbocycles. The number of nitrogens with one attached hydrogen (secondary N) is 1. The van der Waals surface area contributed by atoms with Crippen molar-refractivity contribution in [1.82, 2.24) is 15.1 Å². The Hall–Kier alpha value is -2.05. The van der Waals surface area contributed by atoms with Crippen LogP contribution in [-0.4, -0.2) is 45.4 Å². The first kappa shape index (κ1) is 15.5. The van der Waals surface area contributed by atoms with E-state index in [9.17, 15) is 14.7 Å². The highest BCUT2D eigenvalue weighted by Gasteiger charge is 2.54. The van der Waals surface area contributed by atoms with Crippen LogP contribution in [-0.2, 0) is 16.6 Å². The van der Waals surface area contributed by atoms with Gasteiger partial charge in [0, 0.05) is 19.8 Å². The zero-order valence-electron chi connectivity index (χ0n) is 13.9. The second-order valence-electron chi connectivity index (χ2n) is 7.58. The lowest BCUT2D eigenvalue weighted by Gasteiger charge is -2.28. The molecule has 2 saturated carbocycles. The Morgan fingerprint density at radius 3 is 2.54 bits per heavy atom. The molecule has 3 aliphatic rings. The molecule has 2 atom stereocenters. The molecule has 0 radical (unpaired) electrons. The summed E-state index contributed by atoms with van der Waals surface area (Å²) >= 11 is 0. The minimum Gasteiger partial charge on any atom is -0.480 e. The van der Waals surface area contributed by atoms with Crippen LogP contribution >= 0.6 is 0 Å². The molecule has 7 nitrogen and oxygen atoms in total. The predicted molar refractivity (Wildman–Crippen MR) is 87.5 cm³/mol. The molecule has 7 heteroatoms. The van der Waals surface area contributed by atoms with E-state index in [2.05, 4.69) is 10.4 Å². The molecule has 3 fully saturated rings. The van der Waals surface area contributed by atoms with E-state index in [1.54, 1.807) is 29.0 Å². The number of aryl methyl sites for hydroxylation is 1. The van der Waals surface area contributed by atoms with Gasteiger partial charge in [-0.2, -0.15) is 5.10 Å². The molecular weight excluding hydrogens is 308 g/mol. The van der Waals surface area contributed by atoms with Crippen LogP contribution in [0.4, 0.5) is 5.69 Å². The highest BCUT2D eigenvalue weighted by Crippen LogP contribution is 2.60. The van der Waals surface area contributed by atoms with Crippen LogP contribution < -0.4 is 10.2 Å². The number of aliphatic carboxylic acids is 1. The Balaban J connectivity index is 1.47. The van der Waals surface area contributed by atoms with Crippen molar-refractivity contribution in [3.63, 3.8) is 0 Å². The smallest absolute Gasteiger partial charge is 0.326 e. The van der Waals surface area contributed by atoms with Crippen molar-refractivity contribution in [2.45, 2.75) is 50.6 Å². The van der Waals surface area contributed by atoms with Crippen molar-refractivity contribution >= 4 is 17.6 Å². The van der Waals surface area contributed by atoms with Crippen LogP contribution in [0.2, 0.25) is 0 Å². The Labute approximate surface area is 141 Å². The Morgan fingerprint density at radius 2 is 2.00 bits per heavy atom. The number of carbonyl (C=O) groups is 2. The molecule has 2 heterocycles. The summed E-state index contributed by atoms with van der Waals surface area (Å²) in [6.45, 7) is 0.742. The van der Waals surface area contributed by atoms with Gasteiger partial charge < -0.3 is 15.3 Å². The first-order chi connectivity index (χ1) is 11.5. The fraction of sp³-hybridized carbons (Fsp3) is 0.706. The van der Waals surface area contributed by atoms with Crippen LogP contribution in [0.5, 0.6) is 0 Å². The molecule has 2 unspecified atom stereocenters. The van der Waals surface area contributed by atoms with Crippen molar-refractivity contribution in [2.24, 2.45) is 18.4 Å². The molecule has 1 aliphatic heterocycles. The SMILES string of the molecule is Cn1cc(N2C(C(=O)O)CCC2C(=O)NCC2(C3CC3)CC2)cn1. The number of hydrogen-bond donors (Lipinski definition) is 2. The number of carbonyl (C=O) groups excluding carboxylic acids is 1. The van der Waals surface area contributed by atoms with Crippen molar-refractivity contribution in [1.29, 1.82) is 0 Å². The number of amides is 1. The number of hydrogen-bond acceptors (Lipinski definition) is 4. The summed E-state index contributed by atoms with van der Waals surface area (Å²) in [6.07, 6.45) is 9.47. The normalized spacial score (nSPS) is 28.0. The zero-order chi connectivity index (χ0) is 16.9. The van der Waals surface area contributed by atoms with Crippen LogP contribution in [0, 0.1) is 11.3 Å². The molecule has 1 amide bonds. The highest BCUT2D eigenvalue weighted by atomic mass is 16.4. The predicted octanol–water partition coefficient (Wildman–Crippen LogP) is 1.15.